The van der Waals surface area contributed by atoms with Crippen molar-refractivity contribution >= 4 is 35.1 Å². The van der Waals surface area contributed by atoms with Gasteiger partial charge in [-0.2, -0.15) is 4.98 Å². The van der Waals surface area contributed by atoms with Gasteiger partial charge in [0.15, 0.2) is 5.78 Å². The molecule has 0 radical (unpaired) electrons. The molecule has 5 nitrogen and oxygen atoms in total. The molecule has 124 valence electrons. The molecule has 7 heteroatoms. The highest BCUT2D eigenvalue weighted by Gasteiger charge is 2.36. The molecule has 1 aromatic carbocycles. The second-order valence-electron chi connectivity index (χ2n) is 5.84. The van der Waals surface area contributed by atoms with E-state index in [0.29, 0.717) is 17.4 Å². The Labute approximate surface area is 149 Å². The number of carbonyl (C=O) groups excluding carboxylic acids is 1. The molecule has 24 heavy (non-hydrogen) atoms. The lowest BCUT2D eigenvalue weighted by Gasteiger charge is -2.32. The lowest BCUT2D eigenvalue weighted by Crippen LogP contribution is -2.31. The van der Waals surface area contributed by atoms with Crippen molar-refractivity contribution in [1.82, 2.24) is 14.8 Å². The smallest absolute Gasteiger partial charge is 0.227 e. The van der Waals surface area contributed by atoms with Crippen molar-refractivity contribution in [2.24, 2.45) is 0 Å². The summed E-state index contributed by atoms with van der Waals surface area (Å²) in [6.45, 7) is 2.07. The molecule has 0 saturated heterocycles. The van der Waals surface area contributed by atoms with Crippen molar-refractivity contribution in [1.29, 1.82) is 0 Å². The third-order valence-electron chi connectivity index (χ3n) is 4.31. The summed E-state index contributed by atoms with van der Waals surface area (Å²) in [5, 5.41) is 9.37. The summed E-state index contributed by atoms with van der Waals surface area (Å²) in [5.41, 5.74) is 2.80. The van der Waals surface area contributed by atoms with Crippen LogP contribution < -0.4 is 5.32 Å². The number of thioether (sulfide) groups is 1. The first-order valence-electron chi connectivity index (χ1n) is 8.05. The van der Waals surface area contributed by atoms with E-state index in [-0.39, 0.29) is 11.8 Å². The molecule has 1 N–H and O–H groups in total. The number of hydrogen-bond acceptors (Lipinski definition) is 5. The molecule has 0 amide bonds. The van der Waals surface area contributed by atoms with Crippen LogP contribution in [-0.4, -0.2) is 26.3 Å². The normalized spacial score (nSPS) is 19.8. The molecule has 2 aromatic rings. The average Bonchev–Trinajstić information content (AvgIpc) is 2.96. The molecule has 1 aliphatic heterocycles. The Kier molecular flexibility index (Phi) is 4.10. The molecular formula is C17H17ClN4OS. The highest BCUT2D eigenvalue weighted by atomic mass is 35.5. The minimum atomic E-state index is -0.236. The molecule has 2 aliphatic rings. The van der Waals surface area contributed by atoms with Gasteiger partial charge >= 0.3 is 0 Å². The van der Waals surface area contributed by atoms with Crippen LogP contribution in [0.2, 0.25) is 5.02 Å². The fraction of sp³-hybridized carbons (Fsp3) is 0.353. The minimum absolute atomic E-state index is 0.189. The number of allylic oxidation sites excluding steroid dienone is 2. The number of aromatic nitrogens is 3. The summed E-state index contributed by atoms with van der Waals surface area (Å²) in [4.78, 5) is 17.2. The van der Waals surface area contributed by atoms with Crippen molar-refractivity contribution in [3.63, 3.8) is 0 Å². The monoisotopic (exact) mass is 360 g/mol. The van der Waals surface area contributed by atoms with E-state index in [4.69, 9.17) is 11.6 Å². The fourth-order valence-electron chi connectivity index (χ4n) is 3.28. The summed E-state index contributed by atoms with van der Waals surface area (Å²) < 4.78 is 1.84. The topological polar surface area (TPSA) is 59.8 Å². The molecule has 1 aliphatic carbocycles. The number of anilines is 1. The van der Waals surface area contributed by atoms with Gasteiger partial charge in [0, 0.05) is 22.7 Å². The maximum absolute atomic E-state index is 12.6. The maximum atomic E-state index is 12.6. The first-order chi connectivity index (χ1) is 11.7. The number of ketones is 1. The molecule has 0 fully saturated rings. The summed E-state index contributed by atoms with van der Waals surface area (Å²) in [6.07, 6.45) is 2.34. The summed E-state index contributed by atoms with van der Waals surface area (Å²) in [5.74, 6) is 1.80. The molecule has 0 saturated carbocycles. The average molecular weight is 361 g/mol. The summed E-state index contributed by atoms with van der Waals surface area (Å²) >= 11 is 7.63. The molecule has 2 heterocycles. The van der Waals surface area contributed by atoms with Gasteiger partial charge in [-0.1, -0.05) is 42.4 Å². The van der Waals surface area contributed by atoms with Gasteiger partial charge in [-0.25, -0.2) is 4.68 Å². The lowest BCUT2D eigenvalue weighted by atomic mass is 9.85. The zero-order chi connectivity index (χ0) is 16.7. The van der Waals surface area contributed by atoms with Crippen molar-refractivity contribution in [2.45, 2.75) is 37.4 Å². The Hall–Kier alpha value is -1.79. The molecule has 0 bridgehead atoms. The van der Waals surface area contributed by atoms with E-state index in [2.05, 4.69) is 22.3 Å². The van der Waals surface area contributed by atoms with E-state index in [1.807, 2.05) is 28.9 Å². The number of carbonyl (C=O) groups is 1. The number of fused-ring (bicyclic) bond motifs is 1. The van der Waals surface area contributed by atoms with Crippen LogP contribution in [0.15, 0.2) is 40.7 Å². The van der Waals surface area contributed by atoms with Gasteiger partial charge in [0.25, 0.3) is 0 Å². The van der Waals surface area contributed by atoms with Crippen LogP contribution in [0.25, 0.3) is 0 Å². The number of nitrogens with one attached hydrogen (secondary N) is 1. The van der Waals surface area contributed by atoms with Crippen molar-refractivity contribution < 1.29 is 4.79 Å². The molecule has 1 aromatic heterocycles. The van der Waals surface area contributed by atoms with Gasteiger partial charge in [-0.3, -0.25) is 4.79 Å². The number of rotatable bonds is 3. The third kappa shape index (κ3) is 2.63. The summed E-state index contributed by atoms with van der Waals surface area (Å²) in [7, 11) is 0. The maximum Gasteiger partial charge on any atom is 0.227 e. The van der Waals surface area contributed by atoms with Crippen LogP contribution in [0.5, 0.6) is 0 Å². The zero-order valence-electron chi connectivity index (χ0n) is 13.3. The second kappa shape index (κ2) is 6.26. The highest BCUT2D eigenvalue weighted by Crippen LogP contribution is 2.40. The molecular weight excluding hydrogens is 344 g/mol. The molecule has 4 rings (SSSR count). The molecule has 0 spiro atoms. The number of halogens is 1. The van der Waals surface area contributed by atoms with E-state index >= 15 is 0 Å². The van der Waals surface area contributed by atoms with E-state index in [0.717, 1.165) is 40.6 Å². The van der Waals surface area contributed by atoms with E-state index in [1.165, 1.54) is 0 Å². The number of Topliss-reactive ketones (excluding diaryl/α,β-unsaturated/α-hetero) is 1. The Bertz CT molecular complexity index is 828. The Morgan fingerprint density at radius 2 is 2.12 bits per heavy atom. The van der Waals surface area contributed by atoms with Crippen molar-refractivity contribution in [3.8, 4) is 0 Å². The van der Waals surface area contributed by atoms with E-state index in [1.54, 1.807) is 11.8 Å². The summed E-state index contributed by atoms with van der Waals surface area (Å²) in [6, 6.07) is 7.39. The van der Waals surface area contributed by atoms with Gasteiger partial charge in [-0.05, 0) is 36.3 Å². The molecule has 1 unspecified atom stereocenters. The van der Waals surface area contributed by atoms with Crippen LogP contribution in [-0.2, 0) is 4.79 Å². The van der Waals surface area contributed by atoms with Crippen LogP contribution in [0.3, 0.4) is 0 Å². The van der Waals surface area contributed by atoms with Crippen LogP contribution in [0.1, 0.15) is 37.8 Å². The Balaban J connectivity index is 1.87. The van der Waals surface area contributed by atoms with Gasteiger partial charge in [-0.15, -0.1) is 5.10 Å². The third-order valence-corrected chi connectivity index (χ3v) is 5.28. The number of hydrogen-bond donors (Lipinski definition) is 1. The Morgan fingerprint density at radius 3 is 2.88 bits per heavy atom. The zero-order valence-corrected chi connectivity index (χ0v) is 14.8. The van der Waals surface area contributed by atoms with Gasteiger partial charge < -0.3 is 5.32 Å². The Morgan fingerprint density at radius 1 is 1.33 bits per heavy atom. The van der Waals surface area contributed by atoms with Gasteiger partial charge in [0.05, 0.1) is 0 Å². The van der Waals surface area contributed by atoms with Crippen LogP contribution in [0.4, 0.5) is 5.95 Å². The largest absolute Gasteiger partial charge is 0.328 e. The predicted octanol–water partition coefficient (Wildman–Crippen LogP) is 4.07. The first-order valence-corrected chi connectivity index (χ1v) is 9.42. The minimum Gasteiger partial charge on any atom is -0.328 e. The number of benzene rings is 1. The highest BCUT2D eigenvalue weighted by molar-refractivity contribution is 7.99. The number of nitrogens with zero attached hydrogens (tertiary/aromatic N) is 3. The van der Waals surface area contributed by atoms with Gasteiger partial charge in [0.1, 0.15) is 6.04 Å². The lowest BCUT2D eigenvalue weighted by molar-refractivity contribution is -0.116. The fourth-order valence-corrected chi connectivity index (χ4v) is 3.96. The van der Waals surface area contributed by atoms with Crippen molar-refractivity contribution in [3.05, 3.63) is 46.1 Å². The molecule has 1 atom stereocenters. The van der Waals surface area contributed by atoms with Gasteiger partial charge in [0.2, 0.25) is 11.1 Å². The van der Waals surface area contributed by atoms with E-state index in [9.17, 15) is 4.79 Å². The predicted molar refractivity (Wildman–Crippen MR) is 95.5 cm³/mol. The second-order valence-corrected chi connectivity index (χ2v) is 7.51. The van der Waals surface area contributed by atoms with Crippen LogP contribution in [0, 0.1) is 0 Å². The quantitative estimate of drug-likeness (QED) is 0.836. The van der Waals surface area contributed by atoms with Crippen LogP contribution >= 0.6 is 23.4 Å². The first kappa shape index (κ1) is 15.7. The van der Waals surface area contributed by atoms with Crippen molar-refractivity contribution in [2.75, 3.05) is 11.1 Å². The SMILES string of the molecule is CCSc1nc2n(n1)C(c1ccc(Cl)cc1)C1=C(CCCC1=O)N2. The standard InChI is InChI=1S/C17H17ClN4OS/c1-2-24-17-20-16-19-12-4-3-5-13(23)14(12)15(22(16)21-17)10-6-8-11(18)9-7-10/h6-9,15H,2-5H2,1H3,(H,19,20,21). The van der Waals surface area contributed by atoms with E-state index < -0.39 is 0 Å².